The second-order valence-electron chi connectivity index (χ2n) is 4.78. The Kier molecular flexibility index (Phi) is 3.47. The van der Waals surface area contributed by atoms with Gasteiger partial charge in [-0.25, -0.2) is 9.18 Å². The summed E-state index contributed by atoms with van der Waals surface area (Å²) in [5.41, 5.74) is 2.76. The molecule has 0 spiro atoms. The fourth-order valence-corrected chi connectivity index (χ4v) is 3.39. The van der Waals surface area contributed by atoms with Crippen molar-refractivity contribution in [2.45, 2.75) is 6.92 Å². The number of rotatable bonds is 2. The summed E-state index contributed by atoms with van der Waals surface area (Å²) in [5.74, 6) is -0.617. The van der Waals surface area contributed by atoms with Crippen LogP contribution in [0.3, 0.4) is 0 Å². The lowest BCUT2D eigenvalue weighted by atomic mass is 9.97. The number of hydrogen-bond acceptors (Lipinski definition) is 3. The van der Waals surface area contributed by atoms with Crippen LogP contribution in [0, 0.1) is 12.7 Å². The van der Waals surface area contributed by atoms with Crippen molar-refractivity contribution in [3.8, 4) is 11.1 Å². The number of aryl methyl sites for hydroxylation is 1. The van der Waals surface area contributed by atoms with Crippen LogP contribution in [0.1, 0.15) is 15.2 Å². The fraction of sp³-hybridized carbons (Fsp3) is 0.118. The van der Waals surface area contributed by atoms with Gasteiger partial charge in [0.25, 0.3) is 0 Å². The SMILES string of the molecule is COC(=O)c1cc2c(-c3cc(F)ccc3C)cccc2s1. The Labute approximate surface area is 125 Å². The highest BCUT2D eigenvalue weighted by Gasteiger charge is 2.14. The van der Waals surface area contributed by atoms with Crippen LogP contribution < -0.4 is 0 Å². The average molecular weight is 300 g/mol. The third-order valence-electron chi connectivity index (χ3n) is 3.44. The Morgan fingerprint density at radius 3 is 2.71 bits per heavy atom. The molecule has 0 unspecified atom stereocenters. The van der Waals surface area contributed by atoms with E-state index < -0.39 is 0 Å². The maximum atomic E-state index is 13.5. The Bertz CT molecular complexity index is 836. The minimum Gasteiger partial charge on any atom is -0.465 e. The standard InChI is InChI=1S/C17H13FO2S/c1-10-6-7-11(18)8-13(10)12-4-3-5-15-14(12)9-16(21-15)17(19)20-2/h3-9H,1-2H3. The number of hydrogen-bond donors (Lipinski definition) is 0. The fourth-order valence-electron chi connectivity index (χ4n) is 2.38. The molecular formula is C17H13FO2S. The van der Waals surface area contributed by atoms with Gasteiger partial charge in [0.2, 0.25) is 0 Å². The Hall–Kier alpha value is -2.20. The van der Waals surface area contributed by atoms with Crippen LogP contribution in [0.2, 0.25) is 0 Å². The van der Waals surface area contributed by atoms with Gasteiger partial charge in [0.05, 0.1) is 7.11 Å². The lowest BCUT2D eigenvalue weighted by Gasteiger charge is -2.07. The van der Waals surface area contributed by atoms with Crippen molar-refractivity contribution in [1.82, 2.24) is 0 Å². The molecule has 0 amide bonds. The third kappa shape index (κ3) is 2.43. The summed E-state index contributed by atoms with van der Waals surface area (Å²) in [4.78, 5) is 12.2. The number of benzene rings is 2. The van der Waals surface area contributed by atoms with Gasteiger partial charge in [-0.05, 0) is 47.9 Å². The summed E-state index contributed by atoms with van der Waals surface area (Å²) in [7, 11) is 1.37. The number of thiophene rings is 1. The molecule has 2 nitrogen and oxygen atoms in total. The molecule has 0 radical (unpaired) electrons. The van der Waals surface area contributed by atoms with Crippen LogP contribution in [-0.4, -0.2) is 13.1 Å². The summed E-state index contributed by atoms with van der Waals surface area (Å²) in [6.45, 7) is 1.95. The quantitative estimate of drug-likeness (QED) is 0.635. The van der Waals surface area contributed by atoms with Crippen molar-refractivity contribution in [2.24, 2.45) is 0 Å². The van der Waals surface area contributed by atoms with Crippen LogP contribution in [0.25, 0.3) is 21.2 Å². The zero-order valence-electron chi connectivity index (χ0n) is 11.6. The molecule has 2 aromatic carbocycles. The Morgan fingerprint density at radius 2 is 1.95 bits per heavy atom. The molecule has 0 N–H and O–H groups in total. The lowest BCUT2D eigenvalue weighted by Crippen LogP contribution is -1.96. The molecule has 0 bridgehead atoms. The van der Waals surface area contributed by atoms with E-state index in [1.807, 2.05) is 31.2 Å². The van der Waals surface area contributed by atoms with Crippen molar-refractivity contribution in [2.75, 3.05) is 7.11 Å². The average Bonchev–Trinajstić information content (AvgIpc) is 2.93. The topological polar surface area (TPSA) is 26.3 Å². The molecule has 1 heterocycles. The van der Waals surface area contributed by atoms with Gasteiger partial charge in [0.1, 0.15) is 10.7 Å². The molecule has 3 rings (SSSR count). The molecule has 1 aromatic heterocycles. The Balaban J connectivity index is 2.25. The number of fused-ring (bicyclic) bond motifs is 1. The molecular weight excluding hydrogens is 287 g/mol. The van der Waals surface area contributed by atoms with E-state index in [2.05, 4.69) is 0 Å². The van der Waals surface area contributed by atoms with Crippen molar-refractivity contribution in [3.63, 3.8) is 0 Å². The summed E-state index contributed by atoms with van der Waals surface area (Å²) in [6.07, 6.45) is 0. The molecule has 4 heteroatoms. The van der Waals surface area contributed by atoms with Crippen LogP contribution in [0.5, 0.6) is 0 Å². The van der Waals surface area contributed by atoms with E-state index in [0.29, 0.717) is 4.88 Å². The highest BCUT2D eigenvalue weighted by molar-refractivity contribution is 7.20. The van der Waals surface area contributed by atoms with Crippen molar-refractivity contribution < 1.29 is 13.9 Å². The molecule has 106 valence electrons. The van der Waals surface area contributed by atoms with Gasteiger partial charge in [-0.3, -0.25) is 0 Å². The number of ether oxygens (including phenoxy) is 1. The zero-order chi connectivity index (χ0) is 15.0. The Morgan fingerprint density at radius 1 is 1.14 bits per heavy atom. The molecule has 3 aromatic rings. The van der Waals surface area contributed by atoms with Gasteiger partial charge in [-0.2, -0.15) is 0 Å². The van der Waals surface area contributed by atoms with Crippen LogP contribution in [0.15, 0.2) is 42.5 Å². The number of halogens is 1. The second kappa shape index (κ2) is 5.30. The highest BCUT2D eigenvalue weighted by Crippen LogP contribution is 2.36. The molecule has 0 fully saturated rings. The predicted octanol–water partition coefficient (Wildman–Crippen LogP) is 4.80. The van der Waals surface area contributed by atoms with E-state index in [1.165, 1.54) is 30.6 Å². The van der Waals surface area contributed by atoms with E-state index in [-0.39, 0.29) is 11.8 Å². The summed E-state index contributed by atoms with van der Waals surface area (Å²) in [6, 6.07) is 12.4. The van der Waals surface area contributed by atoms with E-state index in [9.17, 15) is 9.18 Å². The number of carbonyl (C=O) groups is 1. The van der Waals surface area contributed by atoms with Gasteiger partial charge in [-0.1, -0.05) is 18.2 Å². The molecule has 0 aliphatic rings. The molecule has 0 aliphatic carbocycles. The summed E-state index contributed by atoms with van der Waals surface area (Å²) >= 11 is 1.38. The first-order valence-electron chi connectivity index (χ1n) is 6.47. The number of esters is 1. The summed E-state index contributed by atoms with van der Waals surface area (Å²) < 4.78 is 19.3. The van der Waals surface area contributed by atoms with Crippen LogP contribution in [-0.2, 0) is 4.74 Å². The molecule has 0 aliphatic heterocycles. The van der Waals surface area contributed by atoms with Crippen molar-refractivity contribution in [1.29, 1.82) is 0 Å². The zero-order valence-corrected chi connectivity index (χ0v) is 12.5. The molecule has 21 heavy (non-hydrogen) atoms. The van der Waals surface area contributed by atoms with E-state index >= 15 is 0 Å². The van der Waals surface area contributed by atoms with E-state index in [0.717, 1.165) is 26.8 Å². The molecule has 0 atom stereocenters. The molecule has 0 saturated heterocycles. The second-order valence-corrected chi connectivity index (χ2v) is 5.86. The minimum absolute atomic E-state index is 0.268. The largest absolute Gasteiger partial charge is 0.465 e. The van der Waals surface area contributed by atoms with Crippen LogP contribution >= 0.6 is 11.3 Å². The first-order valence-corrected chi connectivity index (χ1v) is 7.29. The highest BCUT2D eigenvalue weighted by atomic mass is 32.1. The monoisotopic (exact) mass is 300 g/mol. The number of methoxy groups -OCH3 is 1. The lowest BCUT2D eigenvalue weighted by molar-refractivity contribution is 0.0606. The van der Waals surface area contributed by atoms with Gasteiger partial charge >= 0.3 is 5.97 Å². The van der Waals surface area contributed by atoms with E-state index in [1.54, 1.807) is 6.07 Å². The third-order valence-corrected chi connectivity index (χ3v) is 4.52. The van der Waals surface area contributed by atoms with Gasteiger partial charge in [0, 0.05) is 10.1 Å². The maximum Gasteiger partial charge on any atom is 0.348 e. The molecule has 0 saturated carbocycles. The first kappa shape index (κ1) is 13.8. The van der Waals surface area contributed by atoms with Crippen molar-refractivity contribution in [3.05, 3.63) is 58.7 Å². The van der Waals surface area contributed by atoms with Gasteiger partial charge in [-0.15, -0.1) is 11.3 Å². The minimum atomic E-state index is -0.349. The van der Waals surface area contributed by atoms with E-state index in [4.69, 9.17) is 4.74 Å². The predicted molar refractivity (Wildman–Crippen MR) is 83.3 cm³/mol. The van der Waals surface area contributed by atoms with Gasteiger partial charge in [0.15, 0.2) is 0 Å². The first-order chi connectivity index (χ1) is 10.1. The number of carbonyl (C=O) groups excluding carboxylic acids is 1. The summed E-state index contributed by atoms with van der Waals surface area (Å²) in [5, 5.41) is 0.941. The van der Waals surface area contributed by atoms with Crippen molar-refractivity contribution >= 4 is 27.4 Å². The normalized spacial score (nSPS) is 10.8. The smallest absolute Gasteiger partial charge is 0.348 e. The van der Waals surface area contributed by atoms with Crippen LogP contribution in [0.4, 0.5) is 4.39 Å². The maximum absolute atomic E-state index is 13.5. The van der Waals surface area contributed by atoms with Gasteiger partial charge < -0.3 is 4.74 Å².